The van der Waals surface area contributed by atoms with Gasteiger partial charge < -0.3 is 10.6 Å². The summed E-state index contributed by atoms with van der Waals surface area (Å²) in [6.45, 7) is 4.05. The van der Waals surface area contributed by atoms with E-state index >= 15 is 0 Å². The molecule has 1 aliphatic heterocycles. The monoisotopic (exact) mass is 355 g/mol. The molecule has 7 heteroatoms. The van der Waals surface area contributed by atoms with E-state index in [4.69, 9.17) is 0 Å². The third-order valence-corrected chi connectivity index (χ3v) is 4.47. The lowest BCUT2D eigenvalue weighted by molar-refractivity contribution is -0.384. The standard InChI is InChI=1S/C17H25N3O3.ClH/c1-2-16(14-4-3-5-15(12-14)20(22)23)19-17(21)7-6-13-8-10-18-11-9-13;/h3-5,12-13,16,18H,2,6-11H2,1H3,(H,19,21);1H. The van der Waals surface area contributed by atoms with E-state index in [0.717, 1.165) is 37.9 Å². The Morgan fingerprint density at radius 1 is 1.42 bits per heavy atom. The molecule has 1 heterocycles. The van der Waals surface area contributed by atoms with Gasteiger partial charge >= 0.3 is 0 Å². The molecule has 1 aromatic carbocycles. The molecule has 0 aliphatic carbocycles. The molecule has 6 nitrogen and oxygen atoms in total. The number of nitrogens with zero attached hydrogens (tertiary/aromatic N) is 1. The quantitative estimate of drug-likeness (QED) is 0.580. The molecule has 1 fully saturated rings. The highest BCUT2D eigenvalue weighted by Crippen LogP contribution is 2.22. The van der Waals surface area contributed by atoms with Crippen molar-refractivity contribution in [3.8, 4) is 0 Å². The molecule has 134 valence electrons. The number of benzene rings is 1. The van der Waals surface area contributed by atoms with Gasteiger partial charge in [-0.25, -0.2) is 0 Å². The maximum absolute atomic E-state index is 12.2. The average molecular weight is 356 g/mol. The minimum absolute atomic E-state index is 0. The Bertz CT molecular complexity index is 548. The van der Waals surface area contributed by atoms with Crippen LogP contribution in [0.4, 0.5) is 5.69 Å². The van der Waals surface area contributed by atoms with E-state index in [1.165, 1.54) is 6.07 Å². The zero-order valence-corrected chi connectivity index (χ0v) is 14.8. The van der Waals surface area contributed by atoms with Crippen LogP contribution in [-0.2, 0) is 4.79 Å². The summed E-state index contributed by atoms with van der Waals surface area (Å²) < 4.78 is 0. The van der Waals surface area contributed by atoms with Gasteiger partial charge in [-0.2, -0.15) is 0 Å². The second-order valence-electron chi connectivity index (χ2n) is 6.11. The highest BCUT2D eigenvalue weighted by molar-refractivity contribution is 5.85. The van der Waals surface area contributed by atoms with E-state index in [-0.39, 0.29) is 30.0 Å². The van der Waals surface area contributed by atoms with E-state index in [1.807, 2.05) is 13.0 Å². The van der Waals surface area contributed by atoms with Gasteiger partial charge in [-0.05, 0) is 50.3 Å². The average Bonchev–Trinajstić information content (AvgIpc) is 2.59. The number of carbonyl (C=O) groups is 1. The molecule has 1 aromatic rings. The predicted octanol–water partition coefficient (Wildman–Crippen LogP) is 3.36. The van der Waals surface area contributed by atoms with Crippen molar-refractivity contribution in [2.24, 2.45) is 5.92 Å². The van der Waals surface area contributed by atoms with Crippen LogP contribution in [0, 0.1) is 16.0 Å². The first-order valence-electron chi connectivity index (χ1n) is 8.34. The van der Waals surface area contributed by atoms with Gasteiger partial charge in [0.15, 0.2) is 0 Å². The Morgan fingerprint density at radius 2 is 2.12 bits per heavy atom. The minimum atomic E-state index is -0.408. The largest absolute Gasteiger partial charge is 0.349 e. The first kappa shape index (κ1) is 20.4. The second kappa shape index (κ2) is 10.3. The van der Waals surface area contributed by atoms with Crippen LogP contribution >= 0.6 is 12.4 Å². The lowest BCUT2D eigenvalue weighted by Gasteiger charge is -2.23. The molecule has 1 amide bonds. The fourth-order valence-corrected chi connectivity index (χ4v) is 3.05. The molecule has 1 unspecified atom stereocenters. The highest BCUT2D eigenvalue weighted by Gasteiger charge is 2.18. The topological polar surface area (TPSA) is 84.3 Å². The van der Waals surface area contributed by atoms with Crippen molar-refractivity contribution in [1.82, 2.24) is 10.6 Å². The number of piperidine rings is 1. The fourth-order valence-electron chi connectivity index (χ4n) is 3.05. The summed E-state index contributed by atoms with van der Waals surface area (Å²) in [6.07, 6.45) is 4.42. The highest BCUT2D eigenvalue weighted by atomic mass is 35.5. The number of carbonyl (C=O) groups excluding carboxylic acids is 1. The second-order valence-corrected chi connectivity index (χ2v) is 6.11. The van der Waals surface area contributed by atoms with E-state index < -0.39 is 4.92 Å². The normalized spacial score (nSPS) is 16.0. The maximum Gasteiger partial charge on any atom is 0.269 e. The number of rotatable bonds is 7. The third-order valence-electron chi connectivity index (χ3n) is 4.47. The van der Waals surface area contributed by atoms with Crippen molar-refractivity contribution in [2.75, 3.05) is 13.1 Å². The van der Waals surface area contributed by atoms with Crippen LogP contribution in [0.2, 0.25) is 0 Å². The van der Waals surface area contributed by atoms with Crippen molar-refractivity contribution in [3.05, 3.63) is 39.9 Å². The molecule has 1 saturated heterocycles. The van der Waals surface area contributed by atoms with Crippen LogP contribution in [0.1, 0.15) is 50.6 Å². The Balaban J connectivity index is 0.00000288. The van der Waals surface area contributed by atoms with Crippen LogP contribution in [0.25, 0.3) is 0 Å². The SMILES string of the molecule is CCC(NC(=O)CCC1CCNCC1)c1cccc([N+](=O)[O-])c1.Cl. The van der Waals surface area contributed by atoms with Crippen LogP contribution in [0.5, 0.6) is 0 Å². The Labute approximate surface area is 149 Å². The van der Waals surface area contributed by atoms with Crippen molar-refractivity contribution >= 4 is 24.0 Å². The lowest BCUT2D eigenvalue weighted by Crippen LogP contribution is -2.31. The number of hydrogen-bond donors (Lipinski definition) is 2. The van der Waals surface area contributed by atoms with Gasteiger partial charge in [0, 0.05) is 18.6 Å². The van der Waals surface area contributed by atoms with Crippen LogP contribution < -0.4 is 10.6 Å². The Kier molecular flexibility index (Phi) is 8.71. The zero-order valence-electron chi connectivity index (χ0n) is 14.0. The van der Waals surface area contributed by atoms with Crippen molar-refractivity contribution < 1.29 is 9.72 Å². The summed E-state index contributed by atoms with van der Waals surface area (Å²) >= 11 is 0. The van der Waals surface area contributed by atoms with Gasteiger partial charge in [-0.1, -0.05) is 19.1 Å². The maximum atomic E-state index is 12.2. The molecule has 2 N–H and O–H groups in total. The predicted molar refractivity (Wildman–Crippen MR) is 96.3 cm³/mol. The van der Waals surface area contributed by atoms with E-state index in [2.05, 4.69) is 10.6 Å². The van der Waals surface area contributed by atoms with E-state index in [9.17, 15) is 14.9 Å². The van der Waals surface area contributed by atoms with Gasteiger partial charge in [0.1, 0.15) is 0 Å². The first-order chi connectivity index (χ1) is 11.1. The molecule has 0 saturated carbocycles. The molecule has 2 rings (SSSR count). The number of nitrogens with one attached hydrogen (secondary N) is 2. The summed E-state index contributed by atoms with van der Waals surface area (Å²) in [5.74, 6) is 0.654. The minimum Gasteiger partial charge on any atom is -0.349 e. The summed E-state index contributed by atoms with van der Waals surface area (Å²) in [7, 11) is 0. The van der Waals surface area contributed by atoms with Gasteiger partial charge in [-0.15, -0.1) is 12.4 Å². The number of amides is 1. The molecule has 1 atom stereocenters. The number of nitro benzene ring substituents is 1. The van der Waals surface area contributed by atoms with Crippen molar-refractivity contribution in [3.63, 3.8) is 0 Å². The van der Waals surface area contributed by atoms with Crippen LogP contribution in [-0.4, -0.2) is 23.9 Å². The summed E-state index contributed by atoms with van der Waals surface area (Å²) in [5.41, 5.74) is 0.849. The van der Waals surface area contributed by atoms with Crippen molar-refractivity contribution in [2.45, 2.75) is 45.1 Å². The Hall–Kier alpha value is -1.66. The molecule has 0 spiro atoms. The molecule has 0 radical (unpaired) electrons. The lowest BCUT2D eigenvalue weighted by atomic mass is 9.93. The number of hydrogen-bond acceptors (Lipinski definition) is 4. The molecular weight excluding hydrogens is 330 g/mol. The zero-order chi connectivity index (χ0) is 16.7. The third kappa shape index (κ3) is 6.09. The molecule has 0 aromatic heterocycles. The summed E-state index contributed by atoms with van der Waals surface area (Å²) in [6, 6.07) is 6.33. The van der Waals surface area contributed by atoms with E-state index in [0.29, 0.717) is 18.8 Å². The molecule has 24 heavy (non-hydrogen) atoms. The number of non-ortho nitro benzene ring substituents is 1. The smallest absolute Gasteiger partial charge is 0.269 e. The number of halogens is 1. The summed E-state index contributed by atoms with van der Waals surface area (Å²) in [4.78, 5) is 22.7. The van der Waals surface area contributed by atoms with E-state index in [1.54, 1.807) is 12.1 Å². The van der Waals surface area contributed by atoms with Crippen LogP contribution in [0.15, 0.2) is 24.3 Å². The summed E-state index contributed by atoms with van der Waals surface area (Å²) in [5, 5.41) is 17.2. The van der Waals surface area contributed by atoms with Gasteiger partial charge in [-0.3, -0.25) is 14.9 Å². The van der Waals surface area contributed by atoms with Crippen LogP contribution in [0.3, 0.4) is 0 Å². The Morgan fingerprint density at radius 3 is 2.75 bits per heavy atom. The van der Waals surface area contributed by atoms with Crippen molar-refractivity contribution in [1.29, 1.82) is 0 Å². The van der Waals surface area contributed by atoms with Gasteiger partial charge in [0.2, 0.25) is 5.91 Å². The van der Waals surface area contributed by atoms with Gasteiger partial charge in [0.25, 0.3) is 5.69 Å². The van der Waals surface area contributed by atoms with Gasteiger partial charge in [0.05, 0.1) is 11.0 Å². The molecular formula is C17H26ClN3O3. The fraction of sp³-hybridized carbons (Fsp3) is 0.588. The molecule has 0 bridgehead atoms. The number of nitro groups is 1. The first-order valence-corrected chi connectivity index (χ1v) is 8.34. The molecule has 1 aliphatic rings.